The Kier molecular flexibility index (Phi) is 1.62. The molecule has 0 amide bonds. The van der Waals surface area contributed by atoms with Crippen LogP contribution in [0.2, 0.25) is 0 Å². The van der Waals surface area contributed by atoms with Crippen molar-refractivity contribution in [2.24, 2.45) is 5.73 Å². The number of hydrogen-bond acceptors (Lipinski definition) is 2. The maximum Gasteiger partial charge on any atom is 0.273 e. The van der Waals surface area contributed by atoms with Crippen LogP contribution in [-0.2, 0) is 0 Å². The molecule has 0 saturated heterocycles. The highest BCUT2D eigenvalue weighted by atomic mass is 16.1. The normalized spacial score (nSPS) is 11.9. The molecule has 10 heavy (non-hydrogen) atoms. The van der Waals surface area contributed by atoms with Gasteiger partial charge in [-0.05, 0) is 6.92 Å². The van der Waals surface area contributed by atoms with E-state index in [9.17, 15) is 4.79 Å². The Morgan fingerprint density at radius 3 is 2.90 bits per heavy atom. The van der Waals surface area contributed by atoms with Crippen molar-refractivity contribution in [1.29, 1.82) is 0 Å². The lowest BCUT2D eigenvalue weighted by Crippen LogP contribution is -2.08. The fourth-order valence-electron chi connectivity index (χ4n) is 0.677. The summed E-state index contributed by atoms with van der Waals surface area (Å²) in [4.78, 5) is 10.8. The van der Waals surface area contributed by atoms with Gasteiger partial charge in [-0.15, -0.1) is 0 Å². The number of aromatic nitrogens is 2. The summed E-state index contributed by atoms with van der Waals surface area (Å²) in [6.45, 7) is 1.78. The molecule has 0 saturated carbocycles. The van der Waals surface area contributed by atoms with Crippen LogP contribution in [0.15, 0.2) is 17.1 Å². The first kappa shape index (κ1) is 6.67. The average molecular weight is 139 g/mol. The van der Waals surface area contributed by atoms with E-state index < -0.39 is 0 Å². The van der Waals surface area contributed by atoms with Crippen LogP contribution in [0.3, 0.4) is 0 Å². The monoisotopic (exact) mass is 139 g/mol. The summed E-state index contributed by atoms with van der Waals surface area (Å²) in [6.07, 6.45) is 3.22. The molecule has 0 radical (unpaired) electrons. The van der Waals surface area contributed by atoms with Gasteiger partial charge in [-0.25, -0.2) is 0 Å². The minimum Gasteiger partial charge on any atom is -0.398 e. The Morgan fingerprint density at radius 2 is 2.50 bits per heavy atom. The topological polar surface area (TPSA) is 74.7 Å². The van der Waals surface area contributed by atoms with Gasteiger partial charge in [-0.3, -0.25) is 9.89 Å². The third kappa shape index (κ3) is 0.953. The molecule has 4 heteroatoms. The molecular formula is C6H9N3O. The van der Waals surface area contributed by atoms with Crippen LogP contribution in [0.25, 0.3) is 5.70 Å². The molecule has 0 aliphatic carbocycles. The first-order valence-corrected chi connectivity index (χ1v) is 2.94. The molecule has 54 valence electrons. The number of nitrogens with two attached hydrogens (primary N) is 1. The Bertz CT molecular complexity index is 294. The zero-order chi connectivity index (χ0) is 7.56. The first-order valence-electron chi connectivity index (χ1n) is 2.94. The molecule has 0 aromatic carbocycles. The highest BCUT2D eigenvalue weighted by molar-refractivity contribution is 5.60. The molecule has 0 unspecified atom stereocenters. The molecule has 1 aromatic rings. The third-order valence-electron chi connectivity index (χ3n) is 1.27. The number of hydrogen-bond donors (Lipinski definition) is 3. The number of aromatic amines is 2. The summed E-state index contributed by atoms with van der Waals surface area (Å²) in [6, 6.07) is 0. The van der Waals surface area contributed by atoms with Gasteiger partial charge in [0.1, 0.15) is 0 Å². The molecule has 1 heterocycles. The Hall–Kier alpha value is -1.45. The predicted molar refractivity (Wildman–Crippen MR) is 39.3 cm³/mol. The van der Waals surface area contributed by atoms with Gasteiger partial charge in [0.25, 0.3) is 5.56 Å². The molecule has 0 spiro atoms. The third-order valence-corrected chi connectivity index (χ3v) is 1.27. The zero-order valence-corrected chi connectivity index (χ0v) is 5.64. The molecule has 1 rings (SSSR count). The lowest BCUT2D eigenvalue weighted by Gasteiger charge is -1.89. The quantitative estimate of drug-likeness (QED) is 0.513. The van der Waals surface area contributed by atoms with Crippen molar-refractivity contribution in [2.75, 3.05) is 0 Å². The molecule has 4 nitrogen and oxygen atoms in total. The van der Waals surface area contributed by atoms with Crippen molar-refractivity contribution >= 4 is 5.70 Å². The first-order chi connectivity index (χ1) is 4.75. The van der Waals surface area contributed by atoms with Crippen molar-refractivity contribution in [3.05, 3.63) is 28.2 Å². The van der Waals surface area contributed by atoms with Gasteiger partial charge in [0.05, 0.1) is 5.56 Å². The van der Waals surface area contributed by atoms with E-state index in [1.165, 1.54) is 6.20 Å². The fourth-order valence-corrected chi connectivity index (χ4v) is 0.677. The minimum atomic E-state index is -0.185. The molecule has 0 atom stereocenters. The molecular weight excluding hydrogens is 130 g/mol. The summed E-state index contributed by atoms with van der Waals surface area (Å²) < 4.78 is 0. The zero-order valence-electron chi connectivity index (χ0n) is 5.64. The molecule has 0 bridgehead atoms. The summed E-state index contributed by atoms with van der Waals surface area (Å²) in [7, 11) is 0. The standard InChI is InChI=1S/C6H9N3O/c1-2-5(7)4-3-8-9-6(4)10/h2-3H,7H2,1H3,(H2,8,9,10)/b5-2-. The van der Waals surface area contributed by atoms with Gasteiger partial charge < -0.3 is 10.8 Å². The fraction of sp³-hybridized carbons (Fsp3) is 0.167. The van der Waals surface area contributed by atoms with Gasteiger partial charge in [-0.2, -0.15) is 0 Å². The largest absolute Gasteiger partial charge is 0.398 e. The second-order valence-corrected chi connectivity index (χ2v) is 1.90. The van der Waals surface area contributed by atoms with E-state index in [2.05, 4.69) is 10.2 Å². The minimum absolute atomic E-state index is 0.185. The molecule has 0 aliphatic rings. The summed E-state index contributed by atoms with van der Waals surface area (Å²) in [5.41, 5.74) is 6.25. The van der Waals surface area contributed by atoms with Crippen LogP contribution in [0.1, 0.15) is 12.5 Å². The molecule has 4 N–H and O–H groups in total. The van der Waals surface area contributed by atoms with E-state index in [0.29, 0.717) is 11.3 Å². The van der Waals surface area contributed by atoms with E-state index in [4.69, 9.17) is 5.73 Å². The van der Waals surface area contributed by atoms with Crippen LogP contribution in [0.4, 0.5) is 0 Å². The number of nitrogens with one attached hydrogen (secondary N) is 2. The van der Waals surface area contributed by atoms with E-state index in [1.807, 2.05) is 0 Å². The second kappa shape index (κ2) is 2.43. The smallest absolute Gasteiger partial charge is 0.273 e. The Balaban J connectivity index is 3.18. The van der Waals surface area contributed by atoms with Crippen molar-refractivity contribution in [3.8, 4) is 0 Å². The summed E-state index contributed by atoms with van der Waals surface area (Å²) >= 11 is 0. The second-order valence-electron chi connectivity index (χ2n) is 1.90. The van der Waals surface area contributed by atoms with Crippen LogP contribution < -0.4 is 11.3 Å². The highest BCUT2D eigenvalue weighted by Crippen LogP contribution is 1.97. The van der Waals surface area contributed by atoms with Crippen molar-refractivity contribution < 1.29 is 0 Å². The van der Waals surface area contributed by atoms with Gasteiger partial charge in [0, 0.05) is 11.9 Å². The van der Waals surface area contributed by atoms with E-state index in [-0.39, 0.29) is 5.56 Å². The SMILES string of the molecule is C/C=C(\N)c1c[nH][nH]c1=O. The maximum atomic E-state index is 10.8. The number of H-pyrrole nitrogens is 2. The van der Waals surface area contributed by atoms with E-state index >= 15 is 0 Å². The predicted octanol–water partition coefficient (Wildman–Crippen LogP) is 0.0225. The highest BCUT2D eigenvalue weighted by Gasteiger charge is 1.99. The number of rotatable bonds is 1. The van der Waals surface area contributed by atoms with Crippen molar-refractivity contribution in [2.45, 2.75) is 6.92 Å². The van der Waals surface area contributed by atoms with Crippen LogP contribution in [-0.4, -0.2) is 10.2 Å². The van der Waals surface area contributed by atoms with Gasteiger partial charge in [0.15, 0.2) is 0 Å². The summed E-state index contributed by atoms with van der Waals surface area (Å²) in [5.74, 6) is 0. The van der Waals surface area contributed by atoms with E-state index in [1.54, 1.807) is 13.0 Å². The van der Waals surface area contributed by atoms with Gasteiger partial charge in [-0.1, -0.05) is 6.08 Å². The van der Waals surface area contributed by atoms with Crippen LogP contribution in [0.5, 0.6) is 0 Å². The van der Waals surface area contributed by atoms with E-state index in [0.717, 1.165) is 0 Å². The molecule has 0 aliphatic heterocycles. The van der Waals surface area contributed by atoms with Gasteiger partial charge >= 0.3 is 0 Å². The lowest BCUT2D eigenvalue weighted by molar-refractivity contribution is 1.06. The van der Waals surface area contributed by atoms with Crippen LogP contribution >= 0.6 is 0 Å². The molecule has 0 fully saturated rings. The Labute approximate surface area is 57.7 Å². The number of allylic oxidation sites excluding steroid dienone is 1. The van der Waals surface area contributed by atoms with Crippen molar-refractivity contribution in [3.63, 3.8) is 0 Å². The maximum absolute atomic E-state index is 10.8. The van der Waals surface area contributed by atoms with Gasteiger partial charge in [0.2, 0.25) is 0 Å². The van der Waals surface area contributed by atoms with Crippen LogP contribution in [0, 0.1) is 0 Å². The summed E-state index contributed by atoms with van der Waals surface area (Å²) in [5, 5.41) is 4.94. The lowest BCUT2D eigenvalue weighted by atomic mass is 10.2. The van der Waals surface area contributed by atoms with Crippen molar-refractivity contribution in [1.82, 2.24) is 10.2 Å². The Morgan fingerprint density at radius 1 is 1.80 bits per heavy atom. The average Bonchev–Trinajstić information content (AvgIpc) is 2.34. The molecule has 1 aromatic heterocycles.